The summed E-state index contributed by atoms with van der Waals surface area (Å²) < 4.78 is 3.62. The number of benzene rings is 8. The molecule has 1 aromatic heterocycles. The molecular formula is C43H28BrN. The van der Waals surface area contributed by atoms with Gasteiger partial charge in [0.2, 0.25) is 0 Å². The van der Waals surface area contributed by atoms with Crippen molar-refractivity contribution in [1.29, 1.82) is 0 Å². The highest BCUT2D eigenvalue weighted by Crippen LogP contribution is 2.51. The van der Waals surface area contributed by atoms with Gasteiger partial charge >= 0.3 is 0 Å². The van der Waals surface area contributed by atoms with Crippen LogP contribution in [-0.2, 0) is 5.41 Å². The van der Waals surface area contributed by atoms with E-state index in [4.69, 9.17) is 0 Å². The number of hydrogen-bond acceptors (Lipinski definition) is 0. The van der Waals surface area contributed by atoms with Crippen molar-refractivity contribution in [3.05, 3.63) is 149 Å². The quantitative estimate of drug-likeness (QED) is 0.166. The number of halogens is 1. The maximum Gasteiger partial charge on any atom is 0.0620 e. The molecule has 0 atom stereocenters. The lowest BCUT2D eigenvalue weighted by Crippen LogP contribution is -2.14. The van der Waals surface area contributed by atoms with Crippen molar-refractivity contribution in [3.63, 3.8) is 0 Å². The molecular weight excluding hydrogens is 610 g/mol. The summed E-state index contributed by atoms with van der Waals surface area (Å²) in [6.45, 7) is 4.73. The first-order valence-electron chi connectivity index (χ1n) is 15.6. The second kappa shape index (κ2) is 8.84. The summed E-state index contributed by atoms with van der Waals surface area (Å²) in [4.78, 5) is 0. The Bertz CT molecular complexity index is 2680. The normalized spacial score (nSPS) is 13.8. The molecule has 10 rings (SSSR count). The zero-order valence-corrected chi connectivity index (χ0v) is 26.6. The van der Waals surface area contributed by atoms with Gasteiger partial charge in [-0.3, -0.25) is 0 Å². The van der Waals surface area contributed by atoms with Crippen LogP contribution in [0.5, 0.6) is 0 Å². The molecule has 0 radical (unpaired) electrons. The Kier molecular flexibility index (Phi) is 4.99. The third-order valence-electron chi connectivity index (χ3n) is 10.4. The van der Waals surface area contributed by atoms with E-state index in [1.165, 1.54) is 93.2 Å². The molecule has 8 aromatic carbocycles. The average Bonchev–Trinajstić information content (AvgIpc) is 3.53. The summed E-state index contributed by atoms with van der Waals surface area (Å²) in [5.41, 5.74) is 11.7. The van der Waals surface area contributed by atoms with Crippen molar-refractivity contribution in [2.45, 2.75) is 19.3 Å². The molecule has 1 nitrogen and oxygen atoms in total. The first-order valence-corrected chi connectivity index (χ1v) is 16.4. The number of fused-ring (bicyclic) bond motifs is 7. The Hall–Kier alpha value is -4.92. The summed E-state index contributed by atoms with van der Waals surface area (Å²) in [7, 11) is 0. The van der Waals surface area contributed by atoms with Crippen LogP contribution in [-0.4, -0.2) is 4.57 Å². The van der Waals surface area contributed by atoms with Gasteiger partial charge < -0.3 is 4.57 Å². The first kappa shape index (κ1) is 25.4. The van der Waals surface area contributed by atoms with E-state index in [9.17, 15) is 0 Å². The van der Waals surface area contributed by atoms with Crippen LogP contribution in [0.4, 0.5) is 0 Å². The van der Waals surface area contributed by atoms with Crippen LogP contribution in [0.2, 0.25) is 0 Å². The molecule has 0 bridgehead atoms. The maximum atomic E-state index is 3.84. The molecule has 2 heteroatoms. The van der Waals surface area contributed by atoms with Crippen LogP contribution in [0.25, 0.3) is 82.1 Å². The number of rotatable bonds is 2. The number of aromatic nitrogens is 1. The van der Waals surface area contributed by atoms with Gasteiger partial charge in [0.25, 0.3) is 0 Å². The molecule has 9 aromatic rings. The highest BCUT2D eigenvalue weighted by molar-refractivity contribution is 9.10. The van der Waals surface area contributed by atoms with Crippen molar-refractivity contribution in [3.8, 4) is 27.9 Å². The molecule has 0 aliphatic heterocycles. The molecule has 0 saturated heterocycles. The topological polar surface area (TPSA) is 4.93 Å². The minimum Gasteiger partial charge on any atom is -0.309 e. The second-order valence-corrected chi connectivity index (χ2v) is 13.9. The van der Waals surface area contributed by atoms with Crippen molar-refractivity contribution in [2.75, 3.05) is 0 Å². The van der Waals surface area contributed by atoms with Gasteiger partial charge in [-0.15, -0.1) is 0 Å². The standard InChI is InChI=1S/C43H28BrN/c1-43(2)35-13-7-6-11-30(35)31-19-17-26(24-36(31)43)29-12-8-14-38-41(29)34-23-27-16-15-25-18-22-37(44)32-20-21-33(40(27)39(25)32)42(34)45(38)28-9-4-3-5-10-28/h3-24H,1-2H3. The second-order valence-electron chi connectivity index (χ2n) is 13.0. The van der Waals surface area contributed by atoms with E-state index in [0.29, 0.717) is 0 Å². The fraction of sp³-hybridized carbons (Fsp3) is 0.0698. The van der Waals surface area contributed by atoms with E-state index >= 15 is 0 Å². The van der Waals surface area contributed by atoms with Crippen molar-refractivity contribution in [1.82, 2.24) is 4.57 Å². The predicted molar refractivity (Wildman–Crippen MR) is 195 cm³/mol. The van der Waals surface area contributed by atoms with Gasteiger partial charge in [-0.25, -0.2) is 0 Å². The molecule has 0 saturated carbocycles. The number of hydrogen-bond donors (Lipinski definition) is 0. The maximum absolute atomic E-state index is 3.84. The smallest absolute Gasteiger partial charge is 0.0620 e. The molecule has 1 aliphatic rings. The lowest BCUT2D eigenvalue weighted by atomic mass is 9.81. The molecule has 0 amide bonds. The van der Waals surface area contributed by atoms with Crippen LogP contribution < -0.4 is 0 Å². The van der Waals surface area contributed by atoms with Gasteiger partial charge in [0.05, 0.1) is 11.0 Å². The number of nitrogens with zero attached hydrogens (tertiary/aromatic N) is 1. The fourth-order valence-corrected chi connectivity index (χ4v) is 8.81. The van der Waals surface area contributed by atoms with E-state index in [1.807, 2.05) is 0 Å². The Balaban J connectivity index is 1.35. The minimum absolute atomic E-state index is 0.0495. The molecule has 212 valence electrons. The summed E-state index contributed by atoms with van der Waals surface area (Å²) in [6, 6.07) is 49.8. The SMILES string of the molecule is CC1(C)c2ccccc2-c2ccc(-c3cccc4c3c3cc5ccc6ccc(Br)c7ccc(c5c67)c3n4-c3ccccc3)cc21. The highest BCUT2D eigenvalue weighted by Gasteiger charge is 2.35. The monoisotopic (exact) mass is 637 g/mol. The van der Waals surface area contributed by atoms with Crippen LogP contribution in [0.3, 0.4) is 0 Å². The molecule has 0 spiro atoms. The molecule has 0 unspecified atom stereocenters. The van der Waals surface area contributed by atoms with Crippen LogP contribution in [0, 0.1) is 0 Å². The van der Waals surface area contributed by atoms with Crippen LogP contribution >= 0.6 is 15.9 Å². The summed E-state index contributed by atoms with van der Waals surface area (Å²) in [6.07, 6.45) is 0. The predicted octanol–water partition coefficient (Wildman–Crippen LogP) is 12.4. The van der Waals surface area contributed by atoms with E-state index in [0.717, 1.165) is 4.47 Å². The van der Waals surface area contributed by atoms with Crippen molar-refractivity contribution < 1.29 is 0 Å². The average molecular weight is 639 g/mol. The Morgan fingerprint density at radius 2 is 1.22 bits per heavy atom. The Morgan fingerprint density at radius 3 is 2.11 bits per heavy atom. The lowest BCUT2D eigenvalue weighted by molar-refractivity contribution is 0.660. The van der Waals surface area contributed by atoms with E-state index < -0.39 is 0 Å². The van der Waals surface area contributed by atoms with Gasteiger partial charge in [0.1, 0.15) is 0 Å². The molecule has 1 heterocycles. The van der Waals surface area contributed by atoms with Gasteiger partial charge in [0, 0.05) is 31.7 Å². The van der Waals surface area contributed by atoms with Gasteiger partial charge in [0.15, 0.2) is 0 Å². The summed E-state index contributed by atoms with van der Waals surface area (Å²) in [5, 5.41) is 10.3. The third-order valence-corrected chi connectivity index (χ3v) is 11.1. The van der Waals surface area contributed by atoms with E-state index in [1.54, 1.807) is 0 Å². The van der Waals surface area contributed by atoms with E-state index in [2.05, 4.69) is 168 Å². The van der Waals surface area contributed by atoms with Crippen LogP contribution in [0.1, 0.15) is 25.0 Å². The largest absolute Gasteiger partial charge is 0.309 e. The third kappa shape index (κ3) is 3.28. The van der Waals surface area contributed by atoms with E-state index in [-0.39, 0.29) is 5.41 Å². The minimum atomic E-state index is -0.0495. The van der Waals surface area contributed by atoms with Gasteiger partial charge in [-0.2, -0.15) is 0 Å². The summed E-state index contributed by atoms with van der Waals surface area (Å²) >= 11 is 3.84. The zero-order chi connectivity index (χ0) is 30.0. The Labute approximate surface area is 269 Å². The van der Waals surface area contributed by atoms with Crippen molar-refractivity contribution in [2.24, 2.45) is 0 Å². The van der Waals surface area contributed by atoms with Crippen LogP contribution in [0.15, 0.2) is 138 Å². The van der Waals surface area contributed by atoms with Gasteiger partial charge in [-0.1, -0.05) is 127 Å². The molecule has 0 fully saturated rings. The van der Waals surface area contributed by atoms with Crippen molar-refractivity contribution >= 4 is 70.1 Å². The van der Waals surface area contributed by atoms with Gasteiger partial charge in [-0.05, 0) is 96.7 Å². The lowest BCUT2D eigenvalue weighted by Gasteiger charge is -2.22. The number of para-hydroxylation sites is 1. The summed E-state index contributed by atoms with van der Waals surface area (Å²) in [5.74, 6) is 0. The highest BCUT2D eigenvalue weighted by atomic mass is 79.9. The zero-order valence-electron chi connectivity index (χ0n) is 25.0. The molecule has 45 heavy (non-hydrogen) atoms. The molecule has 1 aliphatic carbocycles. The fourth-order valence-electron chi connectivity index (χ4n) is 8.34. The first-order chi connectivity index (χ1) is 22.0. The molecule has 0 N–H and O–H groups in total. The Morgan fingerprint density at radius 1 is 0.511 bits per heavy atom.